The van der Waals surface area contributed by atoms with Crippen LogP contribution in [0.4, 0.5) is 4.39 Å². The second kappa shape index (κ2) is 6.45. The summed E-state index contributed by atoms with van der Waals surface area (Å²) in [6.07, 6.45) is 1.60. The number of rotatable bonds is 3. The quantitative estimate of drug-likeness (QED) is 0.841. The van der Waals surface area contributed by atoms with E-state index in [-0.39, 0.29) is 5.82 Å². The van der Waals surface area contributed by atoms with E-state index in [1.54, 1.807) is 19.2 Å². The second-order valence-corrected chi connectivity index (χ2v) is 4.05. The van der Waals surface area contributed by atoms with Crippen molar-refractivity contribution in [3.8, 4) is 0 Å². The van der Waals surface area contributed by atoms with Crippen molar-refractivity contribution in [2.24, 2.45) is 0 Å². The van der Waals surface area contributed by atoms with E-state index in [0.717, 1.165) is 11.1 Å². The van der Waals surface area contributed by atoms with Gasteiger partial charge in [0.05, 0.1) is 12.1 Å². The molecule has 4 heteroatoms. The van der Waals surface area contributed by atoms with Gasteiger partial charge in [-0.05, 0) is 25.3 Å². The van der Waals surface area contributed by atoms with Gasteiger partial charge in [0.25, 0.3) is 0 Å². The highest BCUT2D eigenvalue weighted by molar-refractivity contribution is 6.32. The highest BCUT2D eigenvalue weighted by Crippen LogP contribution is 2.27. The van der Waals surface area contributed by atoms with Crippen LogP contribution in [-0.4, -0.2) is 4.98 Å². The van der Waals surface area contributed by atoms with E-state index in [4.69, 9.17) is 11.6 Å². The summed E-state index contributed by atoms with van der Waals surface area (Å²) in [4.78, 5) is 3.02. The van der Waals surface area contributed by atoms with Crippen molar-refractivity contribution in [3.63, 3.8) is 0 Å². The molecule has 0 saturated heterocycles. The third kappa shape index (κ3) is 2.85. The molecule has 2 rings (SSSR count). The van der Waals surface area contributed by atoms with E-state index in [9.17, 15) is 4.39 Å². The summed E-state index contributed by atoms with van der Waals surface area (Å²) in [6.45, 7) is 9.81. The van der Waals surface area contributed by atoms with Gasteiger partial charge in [0.15, 0.2) is 5.82 Å². The number of aromatic amines is 1. The maximum atomic E-state index is 13.8. The first kappa shape index (κ1) is 14.6. The van der Waals surface area contributed by atoms with Crippen LogP contribution >= 0.6 is 11.6 Å². The fraction of sp³-hybridized carbons (Fsp3) is 0.286. The molecule has 0 aliphatic heterocycles. The predicted octanol–water partition coefficient (Wildman–Crippen LogP) is 4.53. The van der Waals surface area contributed by atoms with Crippen molar-refractivity contribution >= 4 is 22.5 Å². The third-order valence-electron chi connectivity index (χ3n) is 2.53. The van der Waals surface area contributed by atoms with Gasteiger partial charge in [-0.25, -0.2) is 4.39 Å². The fourth-order valence-corrected chi connectivity index (χ4v) is 1.84. The standard InChI is InChI=1S/C12H12ClFN2.C2H6/c1-3-15-6-9-4-8-5-10(13)7(2)11(14)12(8)16-9;1-2/h3-5,15-16H,1,6H2,2H3;1-2H3. The summed E-state index contributed by atoms with van der Waals surface area (Å²) in [5.74, 6) is -0.285. The van der Waals surface area contributed by atoms with Crippen LogP contribution in [0.1, 0.15) is 25.1 Å². The Morgan fingerprint density at radius 3 is 2.72 bits per heavy atom. The first-order valence-electron chi connectivity index (χ1n) is 5.94. The second-order valence-electron chi connectivity index (χ2n) is 3.64. The lowest BCUT2D eigenvalue weighted by molar-refractivity contribution is 0.628. The Labute approximate surface area is 112 Å². The minimum absolute atomic E-state index is 0.285. The van der Waals surface area contributed by atoms with Gasteiger partial charge < -0.3 is 10.3 Å². The van der Waals surface area contributed by atoms with Crippen LogP contribution < -0.4 is 5.32 Å². The van der Waals surface area contributed by atoms with E-state index < -0.39 is 0 Å². The van der Waals surface area contributed by atoms with Crippen molar-refractivity contribution in [3.05, 3.63) is 47.0 Å². The van der Waals surface area contributed by atoms with Gasteiger partial charge in [-0.3, -0.25) is 0 Å². The van der Waals surface area contributed by atoms with Crippen molar-refractivity contribution in [1.82, 2.24) is 10.3 Å². The molecule has 2 nitrogen and oxygen atoms in total. The first-order valence-corrected chi connectivity index (χ1v) is 6.31. The van der Waals surface area contributed by atoms with Gasteiger partial charge in [0, 0.05) is 21.7 Å². The van der Waals surface area contributed by atoms with Crippen LogP contribution in [0.15, 0.2) is 24.9 Å². The van der Waals surface area contributed by atoms with Crippen LogP contribution in [0.3, 0.4) is 0 Å². The summed E-state index contributed by atoms with van der Waals surface area (Å²) in [5.41, 5.74) is 1.87. The van der Waals surface area contributed by atoms with Gasteiger partial charge in [-0.1, -0.05) is 32.0 Å². The van der Waals surface area contributed by atoms with Crippen molar-refractivity contribution in [2.75, 3.05) is 0 Å². The Hall–Kier alpha value is -1.48. The molecule has 0 amide bonds. The van der Waals surface area contributed by atoms with Crippen molar-refractivity contribution < 1.29 is 4.39 Å². The van der Waals surface area contributed by atoms with Crippen LogP contribution in [0.5, 0.6) is 0 Å². The molecule has 2 aromatic rings. The SMILES string of the molecule is C=CNCc1cc2cc(Cl)c(C)c(F)c2[nH]1.CC. The molecule has 1 aromatic carbocycles. The maximum Gasteiger partial charge on any atom is 0.151 e. The topological polar surface area (TPSA) is 27.8 Å². The monoisotopic (exact) mass is 268 g/mol. The molecule has 0 aliphatic carbocycles. The Bertz CT molecular complexity index is 546. The lowest BCUT2D eigenvalue weighted by atomic mass is 10.1. The summed E-state index contributed by atoms with van der Waals surface area (Å²) in [6, 6.07) is 3.64. The molecule has 0 unspecified atom stereocenters. The zero-order valence-corrected chi connectivity index (χ0v) is 11.7. The lowest BCUT2D eigenvalue weighted by Crippen LogP contribution is -2.03. The number of fused-ring (bicyclic) bond motifs is 1. The highest BCUT2D eigenvalue weighted by Gasteiger charge is 2.11. The fourth-order valence-electron chi connectivity index (χ4n) is 1.64. The average Bonchev–Trinajstić information content (AvgIpc) is 2.79. The average molecular weight is 269 g/mol. The largest absolute Gasteiger partial charge is 0.386 e. The minimum Gasteiger partial charge on any atom is -0.386 e. The van der Waals surface area contributed by atoms with E-state index in [0.29, 0.717) is 22.6 Å². The number of halogens is 2. The summed E-state index contributed by atoms with van der Waals surface area (Å²) in [5, 5.41) is 4.19. The number of benzene rings is 1. The molecule has 0 bridgehead atoms. The van der Waals surface area contributed by atoms with E-state index in [1.165, 1.54) is 0 Å². The van der Waals surface area contributed by atoms with Crippen molar-refractivity contribution in [1.29, 1.82) is 0 Å². The van der Waals surface area contributed by atoms with Crippen LogP contribution in [0.2, 0.25) is 5.02 Å². The molecule has 0 radical (unpaired) electrons. The molecular formula is C14H18ClFN2. The van der Waals surface area contributed by atoms with Crippen LogP contribution in [-0.2, 0) is 6.54 Å². The molecule has 98 valence electrons. The van der Waals surface area contributed by atoms with Crippen molar-refractivity contribution in [2.45, 2.75) is 27.3 Å². The molecule has 1 aromatic heterocycles. The van der Waals surface area contributed by atoms with Gasteiger partial charge in [-0.15, -0.1) is 0 Å². The molecule has 0 fully saturated rings. The minimum atomic E-state index is -0.285. The van der Waals surface area contributed by atoms with E-state index in [1.807, 2.05) is 19.9 Å². The number of hydrogen-bond acceptors (Lipinski definition) is 1. The van der Waals surface area contributed by atoms with Gasteiger partial charge in [0.2, 0.25) is 0 Å². The molecule has 0 saturated carbocycles. The zero-order valence-electron chi connectivity index (χ0n) is 10.9. The zero-order chi connectivity index (χ0) is 13.7. The van der Waals surface area contributed by atoms with Crippen LogP contribution in [0.25, 0.3) is 10.9 Å². The Morgan fingerprint density at radius 2 is 2.11 bits per heavy atom. The number of hydrogen-bond donors (Lipinski definition) is 2. The summed E-state index contributed by atoms with van der Waals surface area (Å²) >= 11 is 5.92. The molecule has 0 atom stereocenters. The first-order chi connectivity index (χ1) is 8.63. The molecule has 0 spiro atoms. The summed E-state index contributed by atoms with van der Waals surface area (Å²) in [7, 11) is 0. The number of nitrogens with one attached hydrogen (secondary N) is 2. The smallest absolute Gasteiger partial charge is 0.151 e. The van der Waals surface area contributed by atoms with Gasteiger partial charge in [-0.2, -0.15) is 0 Å². The Morgan fingerprint density at radius 1 is 1.44 bits per heavy atom. The summed E-state index contributed by atoms with van der Waals surface area (Å²) < 4.78 is 13.8. The molecule has 1 heterocycles. The molecular weight excluding hydrogens is 251 g/mol. The molecule has 0 aliphatic rings. The van der Waals surface area contributed by atoms with Gasteiger partial charge >= 0.3 is 0 Å². The number of aromatic nitrogens is 1. The van der Waals surface area contributed by atoms with Crippen LogP contribution in [0, 0.1) is 12.7 Å². The molecule has 2 N–H and O–H groups in total. The maximum absolute atomic E-state index is 13.8. The normalized spacial score (nSPS) is 9.83. The third-order valence-corrected chi connectivity index (χ3v) is 2.92. The lowest BCUT2D eigenvalue weighted by Gasteiger charge is -2.00. The predicted molar refractivity (Wildman–Crippen MR) is 76.4 cm³/mol. The number of H-pyrrole nitrogens is 1. The Balaban J connectivity index is 0.000000771. The Kier molecular flexibility index (Phi) is 5.23. The highest BCUT2D eigenvalue weighted by atomic mass is 35.5. The molecule has 18 heavy (non-hydrogen) atoms. The van der Waals surface area contributed by atoms with Gasteiger partial charge in [0.1, 0.15) is 0 Å². The van der Waals surface area contributed by atoms with E-state index >= 15 is 0 Å². The van der Waals surface area contributed by atoms with E-state index in [2.05, 4.69) is 16.9 Å².